The van der Waals surface area contributed by atoms with Gasteiger partial charge in [-0.25, -0.2) is 0 Å². The fourth-order valence-electron chi connectivity index (χ4n) is 2.93. The highest BCUT2D eigenvalue weighted by Crippen LogP contribution is 2.28. The first kappa shape index (κ1) is 22.4. The lowest BCUT2D eigenvalue weighted by atomic mass is 10.2. The van der Waals surface area contributed by atoms with Crippen molar-refractivity contribution in [2.75, 3.05) is 20.2 Å². The van der Waals surface area contributed by atoms with Crippen LogP contribution in [0.1, 0.15) is 37.7 Å². The minimum Gasteiger partial charge on any atom is -0.497 e. The Morgan fingerprint density at radius 2 is 1.68 bits per heavy atom. The molecule has 0 radical (unpaired) electrons. The monoisotopic (exact) mass is 439 g/mol. The number of hydrogen-bond acceptors (Lipinski definition) is 6. The number of carbonyl (C=O) groups excluding carboxylic acids is 2. The fourth-order valence-corrected chi connectivity index (χ4v) is 4.13. The summed E-state index contributed by atoms with van der Waals surface area (Å²) in [5.41, 5.74) is 3.04. The van der Waals surface area contributed by atoms with E-state index >= 15 is 0 Å². The molecule has 1 heterocycles. The van der Waals surface area contributed by atoms with E-state index < -0.39 is 0 Å². The highest BCUT2D eigenvalue weighted by Gasteiger charge is 2.14. The second-order valence-electron chi connectivity index (χ2n) is 6.83. The third kappa shape index (κ3) is 5.88. The summed E-state index contributed by atoms with van der Waals surface area (Å²) in [6.45, 7) is 4.44. The molecule has 7 nitrogen and oxygen atoms in total. The normalized spacial score (nSPS) is 10.5. The quantitative estimate of drug-likeness (QED) is 0.390. The topological polar surface area (TPSA) is 93.5 Å². The van der Waals surface area contributed by atoms with Crippen LogP contribution in [0.15, 0.2) is 57.9 Å². The van der Waals surface area contributed by atoms with E-state index in [1.807, 2.05) is 32.0 Å². The van der Waals surface area contributed by atoms with E-state index in [0.29, 0.717) is 35.7 Å². The first-order chi connectivity index (χ1) is 15.0. The van der Waals surface area contributed by atoms with Gasteiger partial charge in [-0.2, -0.15) is 0 Å². The van der Waals surface area contributed by atoms with Gasteiger partial charge < -0.3 is 19.9 Å². The van der Waals surface area contributed by atoms with E-state index in [9.17, 15) is 9.59 Å². The van der Waals surface area contributed by atoms with Gasteiger partial charge in [0.05, 0.1) is 18.4 Å². The van der Waals surface area contributed by atoms with Crippen molar-refractivity contribution in [3.63, 3.8) is 0 Å². The minimum absolute atomic E-state index is 0.180. The molecule has 8 heteroatoms. The first-order valence-electron chi connectivity index (χ1n) is 9.83. The highest BCUT2D eigenvalue weighted by atomic mass is 32.2. The number of aromatic nitrogens is 1. The number of nitrogens with one attached hydrogen (secondary N) is 2. The molecule has 0 bridgehead atoms. The van der Waals surface area contributed by atoms with Gasteiger partial charge in [0.15, 0.2) is 0 Å². The number of benzene rings is 2. The Bertz CT molecular complexity index is 1030. The molecule has 2 aromatic carbocycles. The smallest absolute Gasteiger partial charge is 0.252 e. The number of nitrogens with zero attached hydrogens (tertiary/aromatic N) is 1. The molecule has 0 aliphatic heterocycles. The summed E-state index contributed by atoms with van der Waals surface area (Å²) in [7, 11) is 1.57. The molecule has 0 saturated carbocycles. The maximum atomic E-state index is 12.7. The molecule has 3 aromatic rings. The van der Waals surface area contributed by atoms with Crippen LogP contribution in [-0.2, 0) is 5.75 Å². The van der Waals surface area contributed by atoms with E-state index in [1.54, 1.807) is 49.2 Å². The maximum Gasteiger partial charge on any atom is 0.252 e. The Morgan fingerprint density at radius 3 is 2.32 bits per heavy atom. The number of methoxy groups -OCH3 is 1. The number of hydrogen-bond donors (Lipinski definition) is 2. The molecule has 2 N–H and O–H groups in total. The summed E-state index contributed by atoms with van der Waals surface area (Å²) in [6, 6.07) is 14.3. The van der Waals surface area contributed by atoms with Crippen LogP contribution in [0.25, 0.3) is 0 Å². The number of rotatable bonds is 9. The van der Waals surface area contributed by atoms with Crippen molar-refractivity contribution < 1.29 is 18.8 Å². The standard InChI is InChI=1S/C23H25N3O4S/c1-15-20(16(2)30-26-15)14-31-21-7-5-4-6-19(21)23(28)25-13-12-24-22(27)17-8-10-18(29-3)11-9-17/h4-11H,12-14H2,1-3H3,(H,24,27)(H,25,28). The van der Waals surface area contributed by atoms with E-state index in [1.165, 1.54) is 0 Å². The van der Waals surface area contributed by atoms with Crippen molar-refractivity contribution in [3.8, 4) is 5.75 Å². The molecule has 1 aromatic heterocycles. The summed E-state index contributed by atoms with van der Waals surface area (Å²) in [6.07, 6.45) is 0. The van der Waals surface area contributed by atoms with Crippen molar-refractivity contribution in [3.05, 3.63) is 76.7 Å². The summed E-state index contributed by atoms with van der Waals surface area (Å²) < 4.78 is 10.3. The number of aryl methyl sites for hydroxylation is 2. The largest absolute Gasteiger partial charge is 0.497 e. The molecular formula is C23H25N3O4S. The molecule has 0 fully saturated rings. The zero-order valence-corrected chi connectivity index (χ0v) is 18.5. The molecule has 0 aliphatic carbocycles. The van der Waals surface area contributed by atoms with Gasteiger partial charge in [0.1, 0.15) is 11.5 Å². The van der Waals surface area contributed by atoms with E-state index in [4.69, 9.17) is 9.26 Å². The lowest BCUT2D eigenvalue weighted by molar-refractivity contribution is 0.0926. The van der Waals surface area contributed by atoms with Crippen molar-refractivity contribution in [1.82, 2.24) is 15.8 Å². The second kappa shape index (κ2) is 10.7. The molecule has 3 rings (SSSR count). The Hall–Kier alpha value is -3.26. The van der Waals surface area contributed by atoms with E-state index in [0.717, 1.165) is 21.9 Å². The van der Waals surface area contributed by atoms with Crippen molar-refractivity contribution in [1.29, 1.82) is 0 Å². The van der Waals surface area contributed by atoms with Gasteiger partial charge in [0, 0.05) is 34.9 Å². The van der Waals surface area contributed by atoms with Crippen LogP contribution in [0.2, 0.25) is 0 Å². The van der Waals surface area contributed by atoms with E-state index in [-0.39, 0.29) is 11.8 Å². The van der Waals surface area contributed by atoms with Crippen LogP contribution in [0, 0.1) is 13.8 Å². The Labute approximate surface area is 185 Å². The SMILES string of the molecule is COc1ccc(C(=O)NCCNC(=O)c2ccccc2SCc2c(C)noc2C)cc1. The predicted octanol–water partition coefficient (Wildman–Crippen LogP) is 3.75. The molecular weight excluding hydrogens is 414 g/mol. The average Bonchev–Trinajstić information content (AvgIpc) is 3.12. The highest BCUT2D eigenvalue weighted by molar-refractivity contribution is 7.98. The van der Waals surface area contributed by atoms with Gasteiger partial charge in [-0.1, -0.05) is 17.3 Å². The minimum atomic E-state index is -0.202. The number of amides is 2. The molecule has 162 valence electrons. The number of thioether (sulfide) groups is 1. The van der Waals surface area contributed by atoms with Crippen molar-refractivity contribution >= 4 is 23.6 Å². The van der Waals surface area contributed by atoms with Crippen LogP contribution >= 0.6 is 11.8 Å². The average molecular weight is 440 g/mol. The molecule has 0 unspecified atom stereocenters. The van der Waals surface area contributed by atoms with Crippen LogP contribution in [0.3, 0.4) is 0 Å². The lowest BCUT2D eigenvalue weighted by Crippen LogP contribution is -2.34. The van der Waals surface area contributed by atoms with Crippen LogP contribution in [-0.4, -0.2) is 37.2 Å². The van der Waals surface area contributed by atoms with Gasteiger partial charge in [-0.3, -0.25) is 9.59 Å². The fraction of sp³-hybridized carbons (Fsp3) is 0.261. The third-order valence-corrected chi connectivity index (χ3v) is 5.83. The predicted molar refractivity (Wildman–Crippen MR) is 120 cm³/mol. The maximum absolute atomic E-state index is 12.7. The van der Waals surface area contributed by atoms with Crippen molar-refractivity contribution in [2.45, 2.75) is 24.5 Å². The molecule has 2 amide bonds. The summed E-state index contributed by atoms with van der Waals surface area (Å²) in [4.78, 5) is 25.7. The van der Waals surface area contributed by atoms with E-state index in [2.05, 4.69) is 15.8 Å². The van der Waals surface area contributed by atoms with Crippen LogP contribution in [0.4, 0.5) is 0 Å². The molecule has 0 saturated heterocycles. The number of carbonyl (C=O) groups is 2. The van der Waals surface area contributed by atoms with Gasteiger partial charge in [-0.15, -0.1) is 11.8 Å². The lowest BCUT2D eigenvalue weighted by Gasteiger charge is -2.11. The molecule has 0 atom stereocenters. The first-order valence-corrected chi connectivity index (χ1v) is 10.8. The molecule has 0 aliphatic rings. The summed E-state index contributed by atoms with van der Waals surface area (Å²) in [5.74, 6) is 1.77. The van der Waals surface area contributed by atoms with Gasteiger partial charge in [-0.05, 0) is 50.2 Å². The van der Waals surface area contributed by atoms with Crippen molar-refractivity contribution in [2.24, 2.45) is 0 Å². The van der Waals surface area contributed by atoms with Crippen LogP contribution < -0.4 is 15.4 Å². The number of ether oxygens (including phenoxy) is 1. The molecule has 31 heavy (non-hydrogen) atoms. The van der Waals surface area contributed by atoms with Gasteiger partial charge in [0.2, 0.25) is 0 Å². The summed E-state index contributed by atoms with van der Waals surface area (Å²) >= 11 is 1.56. The van der Waals surface area contributed by atoms with Crippen LogP contribution in [0.5, 0.6) is 5.75 Å². The Morgan fingerprint density at radius 1 is 1.00 bits per heavy atom. The second-order valence-corrected chi connectivity index (χ2v) is 7.85. The van der Waals surface area contributed by atoms with Gasteiger partial charge >= 0.3 is 0 Å². The Kier molecular flexibility index (Phi) is 7.72. The summed E-state index contributed by atoms with van der Waals surface area (Å²) in [5, 5.41) is 9.63. The third-order valence-electron chi connectivity index (χ3n) is 4.73. The molecule has 0 spiro atoms. The Balaban J connectivity index is 1.50. The zero-order chi connectivity index (χ0) is 22.2. The van der Waals surface area contributed by atoms with Gasteiger partial charge in [0.25, 0.3) is 11.8 Å². The zero-order valence-electron chi connectivity index (χ0n) is 17.7.